The summed E-state index contributed by atoms with van der Waals surface area (Å²) in [5, 5.41) is 35.4. The van der Waals surface area contributed by atoms with Crippen LogP contribution in [0.5, 0.6) is 5.75 Å². The van der Waals surface area contributed by atoms with E-state index in [1.54, 1.807) is 24.3 Å². The summed E-state index contributed by atoms with van der Waals surface area (Å²) in [5.41, 5.74) is 0.550. The lowest BCUT2D eigenvalue weighted by atomic mass is 10.3. The van der Waals surface area contributed by atoms with E-state index in [0.717, 1.165) is 0 Å². The number of benzene rings is 1. The molecule has 1 heterocycles. The maximum Gasteiger partial charge on any atom is 0.189 e. The first kappa shape index (κ1) is 15.3. The van der Waals surface area contributed by atoms with Gasteiger partial charge in [-0.3, -0.25) is 0 Å². The molecular formula is C13H13ClN4O3. The van der Waals surface area contributed by atoms with Crippen molar-refractivity contribution in [3.8, 4) is 11.8 Å². The van der Waals surface area contributed by atoms with E-state index in [2.05, 4.69) is 10.3 Å². The summed E-state index contributed by atoms with van der Waals surface area (Å²) in [6, 6.07) is 8.69. The van der Waals surface area contributed by atoms with Gasteiger partial charge in [-0.05, 0) is 24.3 Å². The number of aromatic nitrogens is 3. The van der Waals surface area contributed by atoms with Crippen LogP contribution in [0, 0.1) is 11.3 Å². The molecule has 0 aliphatic carbocycles. The van der Waals surface area contributed by atoms with Crippen LogP contribution in [0.25, 0.3) is 0 Å². The Morgan fingerprint density at radius 1 is 1.38 bits per heavy atom. The number of nitriles is 1. The zero-order chi connectivity index (χ0) is 15.2. The smallest absolute Gasteiger partial charge is 0.189 e. The Bertz CT molecular complexity index is 636. The quantitative estimate of drug-likeness (QED) is 0.815. The van der Waals surface area contributed by atoms with Crippen molar-refractivity contribution < 1.29 is 14.9 Å². The van der Waals surface area contributed by atoms with Gasteiger partial charge in [0.05, 0.1) is 19.3 Å². The molecule has 1 aromatic carbocycles. The van der Waals surface area contributed by atoms with Gasteiger partial charge in [0.2, 0.25) is 0 Å². The summed E-state index contributed by atoms with van der Waals surface area (Å²) in [4.78, 5) is 0. The molecule has 1 unspecified atom stereocenters. The number of ether oxygens (including phenoxy) is 1. The third-order valence-electron chi connectivity index (χ3n) is 2.73. The number of aliphatic hydroxyl groups excluding tert-OH is 2. The van der Waals surface area contributed by atoms with Gasteiger partial charge in [-0.15, -0.1) is 5.10 Å². The summed E-state index contributed by atoms with van der Waals surface area (Å²) in [6.07, 6.45) is -0.979. The molecule has 2 rings (SSSR count). The zero-order valence-electron chi connectivity index (χ0n) is 11.0. The van der Waals surface area contributed by atoms with Crippen molar-refractivity contribution in [1.82, 2.24) is 15.0 Å². The monoisotopic (exact) mass is 308 g/mol. The molecular weight excluding hydrogens is 296 g/mol. The molecule has 2 N–H and O–H groups in total. The second-order valence-electron chi connectivity index (χ2n) is 4.26. The summed E-state index contributed by atoms with van der Waals surface area (Å²) in [5.74, 6) is 0.582. The molecule has 0 saturated carbocycles. The number of halogens is 1. The van der Waals surface area contributed by atoms with Crippen LogP contribution >= 0.6 is 11.6 Å². The van der Waals surface area contributed by atoms with E-state index < -0.39 is 12.7 Å². The first-order valence-electron chi connectivity index (χ1n) is 6.13. The normalized spacial score (nSPS) is 11.9. The van der Waals surface area contributed by atoms with Crippen LogP contribution in [-0.2, 0) is 13.2 Å². The van der Waals surface area contributed by atoms with Crippen LogP contribution in [0.1, 0.15) is 11.4 Å². The maximum atomic E-state index is 9.46. The molecule has 0 amide bonds. The highest BCUT2D eigenvalue weighted by Gasteiger charge is 2.16. The molecule has 0 radical (unpaired) electrons. The number of aliphatic hydroxyl groups is 2. The van der Waals surface area contributed by atoms with Gasteiger partial charge in [-0.1, -0.05) is 16.8 Å². The maximum absolute atomic E-state index is 9.46. The van der Waals surface area contributed by atoms with Crippen LogP contribution in [0.4, 0.5) is 0 Å². The van der Waals surface area contributed by atoms with E-state index in [0.29, 0.717) is 16.5 Å². The lowest BCUT2D eigenvalue weighted by molar-refractivity contribution is 0.0761. The second kappa shape index (κ2) is 7.04. The Morgan fingerprint density at radius 2 is 2.10 bits per heavy atom. The van der Waals surface area contributed by atoms with Crippen molar-refractivity contribution in [2.45, 2.75) is 19.3 Å². The molecule has 2 aromatic rings. The van der Waals surface area contributed by atoms with Gasteiger partial charge >= 0.3 is 0 Å². The van der Waals surface area contributed by atoms with Crippen LogP contribution < -0.4 is 4.74 Å². The first-order valence-corrected chi connectivity index (χ1v) is 6.51. The topological polar surface area (TPSA) is 104 Å². The SMILES string of the molecule is N#Cc1nnn(CC(O)CO)c1COc1ccc(Cl)cc1. The van der Waals surface area contributed by atoms with E-state index in [9.17, 15) is 5.11 Å². The molecule has 7 nitrogen and oxygen atoms in total. The van der Waals surface area contributed by atoms with E-state index in [1.165, 1.54) is 4.68 Å². The average molecular weight is 309 g/mol. The fraction of sp³-hybridized carbons (Fsp3) is 0.308. The highest BCUT2D eigenvalue weighted by molar-refractivity contribution is 6.30. The molecule has 0 aliphatic heterocycles. The molecule has 0 spiro atoms. The van der Waals surface area contributed by atoms with E-state index in [-0.39, 0.29) is 18.8 Å². The summed E-state index contributed by atoms with van der Waals surface area (Å²) >= 11 is 5.78. The van der Waals surface area contributed by atoms with Crippen LogP contribution in [0.3, 0.4) is 0 Å². The van der Waals surface area contributed by atoms with Gasteiger partial charge in [-0.25, -0.2) is 4.68 Å². The third-order valence-corrected chi connectivity index (χ3v) is 2.98. The molecule has 110 valence electrons. The Hall–Kier alpha value is -2.14. The van der Waals surface area contributed by atoms with Crippen LogP contribution in [0.15, 0.2) is 24.3 Å². The Kier molecular flexibility index (Phi) is 5.11. The Labute approximate surface area is 126 Å². The van der Waals surface area contributed by atoms with Gasteiger partial charge in [-0.2, -0.15) is 5.26 Å². The van der Waals surface area contributed by atoms with Crippen molar-refractivity contribution in [3.63, 3.8) is 0 Å². The van der Waals surface area contributed by atoms with Gasteiger partial charge < -0.3 is 14.9 Å². The standard InChI is InChI=1S/C13H13ClN4O3/c14-9-1-3-11(4-2-9)21-8-13-12(5-15)16-17-18(13)6-10(20)7-19/h1-4,10,19-20H,6-8H2. The zero-order valence-corrected chi connectivity index (χ0v) is 11.7. The molecule has 1 atom stereocenters. The molecule has 21 heavy (non-hydrogen) atoms. The largest absolute Gasteiger partial charge is 0.487 e. The van der Waals surface area contributed by atoms with Gasteiger partial charge in [0, 0.05) is 5.02 Å². The summed E-state index contributed by atoms with van der Waals surface area (Å²) < 4.78 is 6.89. The average Bonchev–Trinajstić information content (AvgIpc) is 2.88. The molecule has 0 saturated heterocycles. The number of nitrogens with zero attached hydrogens (tertiary/aromatic N) is 4. The Balaban J connectivity index is 2.12. The van der Waals surface area contributed by atoms with Crippen LogP contribution in [-0.4, -0.2) is 37.9 Å². The molecule has 1 aromatic heterocycles. The summed E-state index contributed by atoms with van der Waals surface area (Å²) in [7, 11) is 0. The van der Waals surface area contributed by atoms with Crippen molar-refractivity contribution >= 4 is 11.6 Å². The van der Waals surface area contributed by atoms with Crippen molar-refractivity contribution in [2.75, 3.05) is 6.61 Å². The fourth-order valence-electron chi connectivity index (χ4n) is 1.65. The van der Waals surface area contributed by atoms with Gasteiger partial charge in [0.1, 0.15) is 24.1 Å². The lowest BCUT2D eigenvalue weighted by Crippen LogP contribution is -2.22. The molecule has 0 aliphatic rings. The van der Waals surface area contributed by atoms with Crippen molar-refractivity contribution in [2.24, 2.45) is 0 Å². The van der Waals surface area contributed by atoms with E-state index >= 15 is 0 Å². The predicted molar refractivity (Wildman–Crippen MR) is 73.6 cm³/mol. The lowest BCUT2D eigenvalue weighted by Gasteiger charge is -2.11. The fourth-order valence-corrected chi connectivity index (χ4v) is 1.77. The second-order valence-corrected chi connectivity index (χ2v) is 4.69. The predicted octanol–water partition coefficient (Wildman–Crippen LogP) is 0.735. The van der Waals surface area contributed by atoms with Crippen molar-refractivity contribution in [3.05, 3.63) is 40.7 Å². The minimum Gasteiger partial charge on any atom is -0.487 e. The van der Waals surface area contributed by atoms with Gasteiger partial charge in [0.15, 0.2) is 5.69 Å². The third kappa shape index (κ3) is 3.92. The van der Waals surface area contributed by atoms with E-state index in [1.807, 2.05) is 6.07 Å². The van der Waals surface area contributed by atoms with E-state index in [4.69, 9.17) is 26.7 Å². The van der Waals surface area contributed by atoms with Gasteiger partial charge in [0.25, 0.3) is 0 Å². The number of rotatable bonds is 6. The molecule has 0 bridgehead atoms. The number of hydrogen-bond acceptors (Lipinski definition) is 6. The number of hydrogen-bond donors (Lipinski definition) is 2. The minimum absolute atomic E-state index is 0.0322. The highest BCUT2D eigenvalue weighted by atomic mass is 35.5. The summed E-state index contributed by atoms with van der Waals surface area (Å²) in [6.45, 7) is -0.306. The Morgan fingerprint density at radius 3 is 2.71 bits per heavy atom. The molecule has 8 heteroatoms. The van der Waals surface area contributed by atoms with Crippen molar-refractivity contribution in [1.29, 1.82) is 5.26 Å². The first-order chi connectivity index (χ1) is 10.1. The minimum atomic E-state index is -0.979. The van der Waals surface area contributed by atoms with Crippen LogP contribution in [0.2, 0.25) is 5.02 Å². The molecule has 0 fully saturated rings. The highest BCUT2D eigenvalue weighted by Crippen LogP contribution is 2.17.